The van der Waals surface area contributed by atoms with E-state index in [-0.39, 0.29) is 5.56 Å². The number of hydrogen-bond donors (Lipinski definition) is 1. The van der Waals surface area contributed by atoms with Crippen LogP contribution in [0.5, 0.6) is 0 Å². The summed E-state index contributed by atoms with van der Waals surface area (Å²) in [6.07, 6.45) is 8.57. The van der Waals surface area contributed by atoms with E-state index in [9.17, 15) is 9.18 Å². The first kappa shape index (κ1) is 13.8. The summed E-state index contributed by atoms with van der Waals surface area (Å²) in [4.78, 5) is 10.8. The van der Waals surface area contributed by atoms with Crippen molar-refractivity contribution in [3.63, 3.8) is 0 Å². The Morgan fingerprint density at radius 2 is 1.95 bits per heavy atom. The zero-order valence-electron chi connectivity index (χ0n) is 10.9. The molecule has 1 atom stereocenters. The number of aromatic carboxylic acids is 1. The first-order valence-electron chi connectivity index (χ1n) is 6.78. The Labute approximate surface area is 113 Å². The van der Waals surface area contributed by atoms with Gasteiger partial charge in [0, 0.05) is 6.42 Å². The van der Waals surface area contributed by atoms with Gasteiger partial charge >= 0.3 is 5.97 Å². The lowest BCUT2D eigenvalue weighted by atomic mass is 9.88. The number of carboxylic acid groups (broad SMARTS) is 1. The van der Waals surface area contributed by atoms with Crippen LogP contribution in [0.2, 0.25) is 0 Å². The molecule has 1 aromatic carbocycles. The van der Waals surface area contributed by atoms with Crippen LogP contribution < -0.4 is 0 Å². The molecular weight excluding hydrogens is 243 g/mol. The summed E-state index contributed by atoms with van der Waals surface area (Å²) in [6.45, 7) is 0. The Hall–Kier alpha value is -1.64. The number of hydrogen-bond acceptors (Lipinski definition) is 1. The maximum absolute atomic E-state index is 14.8. The molecule has 0 fully saturated rings. The van der Waals surface area contributed by atoms with Gasteiger partial charge in [0.05, 0.1) is 5.56 Å². The van der Waals surface area contributed by atoms with Gasteiger partial charge in [0.15, 0.2) is 0 Å². The van der Waals surface area contributed by atoms with E-state index >= 15 is 0 Å². The van der Waals surface area contributed by atoms with Crippen molar-refractivity contribution in [3.8, 4) is 0 Å². The number of rotatable bonds is 3. The van der Waals surface area contributed by atoms with Crippen LogP contribution >= 0.6 is 0 Å². The van der Waals surface area contributed by atoms with E-state index in [1.165, 1.54) is 12.1 Å². The molecule has 0 heterocycles. The van der Waals surface area contributed by atoms with Crippen LogP contribution in [0.25, 0.3) is 0 Å². The Bertz CT molecular complexity index is 464. The van der Waals surface area contributed by atoms with Gasteiger partial charge in [-0.1, -0.05) is 30.7 Å². The van der Waals surface area contributed by atoms with Gasteiger partial charge in [0.1, 0.15) is 5.67 Å². The third-order valence-corrected chi connectivity index (χ3v) is 3.58. The number of allylic oxidation sites excluding steroid dienone is 2. The zero-order valence-corrected chi connectivity index (χ0v) is 10.9. The molecule has 1 aromatic rings. The van der Waals surface area contributed by atoms with Gasteiger partial charge in [0.2, 0.25) is 0 Å². The van der Waals surface area contributed by atoms with Crippen molar-refractivity contribution >= 4 is 5.97 Å². The minimum absolute atomic E-state index is 0.241. The Balaban J connectivity index is 2.09. The molecule has 0 saturated heterocycles. The minimum atomic E-state index is -1.29. The summed E-state index contributed by atoms with van der Waals surface area (Å²) in [6, 6.07) is 6.48. The maximum Gasteiger partial charge on any atom is 0.335 e. The quantitative estimate of drug-likeness (QED) is 0.831. The molecule has 1 N–H and O–H groups in total. The summed E-state index contributed by atoms with van der Waals surface area (Å²) in [5.74, 6) is -0.952. The van der Waals surface area contributed by atoms with E-state index in [1.807, 2.05) is 6.08 Å². The average Bonchev–Trinajstić information content (AvgIpc) is 2.35. The van der Waals surface area contributed by atoms with Crippen LogP contribution in [0.15, 0.2) is 36.4 Å². The highest BCUT2D eigenvalue weighted by Crippen LogP contribution is 2.29. The van der Waals surface area contributed by atoms with Gasteiger partial charge in [-0.3, -0.25) is 0 Å². The van der Waals surface area contributed by atoms with Crippen molar-refractivity contribution in [2.24, 2.45) is 0 Å². The van der Waals surface area contributed by atoms with Crippen LogP contribution in [-0.2, 0) is 6.42 Å². The molecule has 0 aromatic heterocycles. The largest absolute Gasteiger partial charge is 0.478 e. The SMILES string of the molecule is O=C(O)c1ccc(CC2(F)C=CCCCCC2)cc1. The summed E-state index contributed by atoms with van der Waals surface area (Å²) < 4.78 is 14.8. The summed E-state index contributed by atoms with van der Waals surface area (Å²) >= 11 is 0. The van der Waals surface area contributed by atoms with Gasteiger partial charge < -0.3 is 5.11 Å². The number of carbonyl (C=O) groups is 1. The molecular formula is C16H19FO2. The highest BCUT2D eigenvalue weighted by Gasteiger charge is 2.26. The van der Waals surface area contributed by atoms with Gasteiger partial charge in [-0.2, -0.15) is 0 Å². The molecule has 1 aliphatic rings. The van der Waals surface area contributed by atoms with Gasteiger partial charge in [-0.25, -0.2) is 9.18 Å². The van der Waals surface area contributed by atoms with Crippen LogP contribution in [0.1, 0.15) is 48.0 Å². The lowest BCUT2D eigenvalue weighted by Gasteiger charge is -2.23. The average molecular weight is 262 g/mol. The molecule has 3 heteroatoms. The predicted molar refractivity (Wildman–Crippen MR) is 73.2 cm³/mol. The maximum atomic E-state index is 14.8. The Morgan fingerprint density at radius 3 is 2.63 bits per heavy atom. The van der Waals surface area contributed by atoms with E-state index in [0.717, 1.165) is 31.2 Å². The van der Waals surface area contributed by atoms with Crippen LogP contribution in [-0.4, -0.2) is 16.7 Å². The Kier molecular flexibility index (Phi) is 4.35. The molecule has 0 bridgehead atoms. The highest BCUT2D eigenvalue weighted by atomic mass is 19.1. The predicted octanol–water partition coefficient (Wildman–Crippen LogP) is 4.16. The Morgan fingerprint density at radius 1 is 1.21 bits per heavy atom. The molecule has 2 rings (SSSR count). The van der Waals surface area contributed by atoms with Crippen LogP contribution in [0.3, 0.4) is 0 Å². The van der Waals surface area contributed by atoms with E-state index < -0.39 is 11.6 Å². The van der Waals surface area contributed by atoms with E-state index in [4.69, 9.17) is 5.11 Å². The monoisotopic (exact) mass is 262 g/mol. The van der Waals surface area contributed by atoms with Crippen molar-refractivity contribution in [1.82, 2.24) is 0 Å². The smallest absolute Gasteiger partial charge is 0.335 e. The molecule has 0 spiro atoms. The second-order valence-electron chi connectivity index (χ2n) is 5.22. The first-order chi connectivity index (χ1) is 9.09. The third kappa shape index (κ3) is 3.91. The second kappa shape index (κ2) is 6.00. The third-order valence-electron chi connectivity index (χ3n) is 3.58. The molecule has 102 valence electrons. The summed E-state index contributed by atoms with van der Waals surface area (Å²) in [5.41, 5.74) is -0.201. The van der Waals surface area contributed by atoms with Crippen LogP contribution in [0.4, 0.5) is 4.39 Å². The molecule has 19 heavy (non-hydrogen) atoms. The van der Waals surface area contributed by atoms with Gasteiger partial charge in [-0.15, -0.1) is 0 Å². The minimum Gasteiger partial charge on any atom is -0.478 e. The van der Waals surface area contributed by atoms with E-state index in [1.54, 1.807) is 18.2 Å². The number of alkyl halides is 1. The summed E-state index contributed by atoms with van der Waals surface area (Å²) in [7, 11) is 0. The van der Waals surface area contributed by atoms with Crippen molar-refractivity contribution < 1.29 is 14.3 Å². The van der Waals surface area contributed by atoms with Crippen molar-refractivity contribution in [1.29, 1.82) is 0 Å². The van der Waals surface area contributed by atoms with Crippen LogP contribution in [0, 0.1) is 0 Å². The number of carboxylic acids is 1. The molecule has 0 radical (unpaired) electrons. The lowest BCUT2D eigenvalue weighted by molar-refractivity contribution is 0.0697. The molecule has 0 aliphatic heterocycles. The number of benzene rings is 1. The summed E-state index contributed by atoms with van der Waals surface area (Å²) in [5, 5.41) is 8.83. The normalized spacial score (nSPS) is 23.6. The standard InChI is InChI=1S/C16H19FO2/c17-16(10-4-2-1-3-5-11-16)12-13-6-8-14(9-7-13)15(18)19/h4,6-10H,1-3,5,11-12H2,(H,18,19). The second-order valence-corrected chi connectivity index (χ2v) is 5.22. The van der Waals surface area contributed by atoms with Crippen molar-refractivity contribution in [2.75, 3.05) is 0 Å². The highest BCUT2D eigenvalue weighted by molar-refractivity contribution is 5.87. The van der Waals surface area contributed by atoms with Crippen molar-refractivity contribution in [3.05, 3.63) is 47.5 Å². The number of halogens is 1. The van der Waals surface area contributed by atoms with Gasteiger partial charge in [0.25, 0.3) is 0 Å². The fraction of sp³-hybridized carbons (Fsp3) is 0.438. The zero-order chi connectivity index (χ0) is 13.7. The molecule has 0 amide bonds. The van der Waals surface area contributed by atoms with Gasteiger partial charge in [-0.05, 0) is 43.4 Å². The topological polar surface area (TPSA) is 37.3 Å². The molecule has 1 unspecified atom stereocenters. The lowest BCUT2D eigenvalue weighted by Crippen LogP contribution is -2.24. The molecule has 1 aliphatic carbocycles. The molecule has 0 saturated carbocycles. The molecule has 2 nitrogen and oxygen atoms in total. The first-order valence-corrected chi connectivity index (χ1v) is 6.78. The van der Waals surface area contributed by atoms with E-state index in [2.05, 4.69) is 0 Å². The fourth-order valence-electron chi connectivity index (χ4n) is 2.49. The fourth-order valence-corrected chi connectivity index (χ4v) is 2.49. The van der Waals surface area contributed by atoms with Crippen molar-refractivity contribution in [2.45, 2.75) is 44.2 Å². The van der Waals surface area contributed by atoms with E-state index in [0.29, 0.717) is 12.8 Å².